The van der Waals surface area contributed by atoms with Gasteiger partial charge in [-0.05, 0) is 18.2 Å². The third kappa shape index (κ3) is 3.52. The number of anilines is 1. The van der Waals surface area contributed by atoms with Gasteiger partial charge in [-0.1, -0.05) is 0 Å². The van der Waals surface area contributed by atoms with Gasteiger partial charge in [0.1, 0.15) is 12.1 Å². The standard InChI is InChI=1S/C17H16FN3O3/c1-22-8-9-23-16-5-3-13-17(21-16)15(6-7-20-13)24-14-4-2-11(19)10-12(14)18/h2-7,10H,8-9,19H2,1H3. The Balaban J connectivity index is 1.93. The first-order valence-electron chi connectivity index (χ1n) is 7.28. The molecule has 2 aromatic heterocycles. The molecule has 2 heterocycles. The van der Waals surface area contributed by atoms with Gasteiger partial charge in [-0.2, -0.15) is 0 Å². The molecule has 124 valence electrons. The highest BCUT2D eigenvalue weighted by molar-refractivity contribution is 5.81. The lowest BCUT2D eigenvalue weighted by molar-refractivity contribution is 0.144. The minimum Gasteiger partial charge on any atom is -0.475 e. The zero-order chi connectivity index (χ0) is 16.9. The SMILES string of the molecule is COCCOc1ccc2nccc(Oc3ccc(N)cc3F)c2n1. The van der Waals surface area contributed by atoms with Gasteiger partial charge in [-0.15, -0.1) is 0 Å². The van der Waals surface area contributed by atoms with Gasteiger partial charge in [0.25, 0.3) is 0 Å². The van der Waals surface area contributed by atoms with E-state index in [1.54, 1.807) is 37.6 Å². The number of ether oxygens (including phenoxy) is 3. The molecule has 0 bridgehead atoms. The Kier molecular flexibility index (Phi) is 4.72. The number of nitrogens with zero attached hydrogens (tertiary/aromatic N) is 2. The molecule has 3 aromatic rings. The van der Waals surface area contributed by atoms with Crippen LogP contribution in [0.2, 0.25) is 0 Å². The second-order valence-electron chi connectivity index (χ2n) is 4.96. The molecule has 0 aliphatic carbocycles. The van der Waals surface area contributed by atoms with Crippen LogP contribution in [0.1, 0.15) is 0 Å². The molecule has 1 aromatic carbocycles. The van der Waals surface area contributed by atoms with Crippen molar-refractivity contribution in [2.24, 2.45) is 0 Å². The number of hydrogen-bond donors (Lipinski definition) is 1. The van der Waals surface area contributed by atoms with Crippen LogP contribution >= 0.6 is 0 Å². The average molecular weight is 329 g/mol. The molecule has 6 nitrogen and oxygen atoms in total. The number of fused-ring (bicyclic) bond motifs is 1. The number of nitrogen functional groups attached to an aromatic ring is 1. The maximum atomic E-state index is 13.9. The van der Waals surface area contributed by atoms with Crippen molar-refractivity contribution >= 4 is 16.7 Å². The molecular formula is C17H16FN3O3. The molecule has 0 saturated carbocycles. The van der Waals surface area contributed by atoms with E-state index in [1.807, 2.05) is 0 Å². The summed E-state index contributed by atoms with van der Waals surface area (Å²) in [6, 6.07) is 9.31. The topological polar surface area (TPSA) is 79.5 Å². The third-order valence-corrected chi connectivity index (χ3v) is 3.23. The summed E-state index contributed by atoms with van der Waals surface area (Å²) in [5.41, 5.74) is 6.96. The first kappa shape index (κ1) is 15.9. The van der Waals surface area contributed by atoms with Crippen molar-refractivity contribution in [3.63, 3.8) is 0 Å². The van der Waals surface area contributed by atoms with Gasteiger partial charge in [0.05, 0.1) is 12.1 Å². The second kappa shape index (κ2) is 7.10. The summed E-state index contributed by atoms with van der Waals surface area (Å²) in [6.45, 7) is 0.824. The molecule has 0 unspecified atom stereocenters. The molecule has 2 N–H and O–H groups in total. The highest BCUT2D eigenvalue weighted by Crippen LogP contribution is 2.30. The number of aromatic nitrogens is 2. The zero-order valence-electron chi connectivity index (χ0n) is 13.0. The van der Waals surface area contributed by atoms with Crippen molar-refractivity contribution in [3.8, 4) is 17.4 Å². The molecule has 0 aliphatic heterocycles. The van der Waals surface area contributed by atoms with E-state index in [9.17, 15) is 4.39 Å². The lowest BCUT2D eigenvalue weighted by Gasteiger charge is -2.10. The van der Waals surface area contributed by atoms with E-state index in [-0.39, 0.29) is 5.75 Å². The monoisotopic (exact) mass is 329 g/mol. The number of pyridine rings is 2. The van der Waals surface area contributed by atoms with E-state index >= 15 is 0 Å². The fourth-order valence-electron chi connectivity index (χ4n) is 2.09. The third-order valence-electron chi connectivity index (χ3n) is 3.23. The van der Waals surface area contributed by atoms with Crippen LogP contribution in [0.3, 0.4) is 0 Å². The molecule has 0 amide bonds. The Bertz CT molecular complexity index is 858. The smallest absolute Gasteiger partial charge is 0.214 e. The van der Waals surface area contributed by atoms with Gasteiger partial charge >= 0.3 is 0 Å². The van der Waals surface area contributed by atoms with E-state index < -0.39 is 5.82 Å². The summed E-state index contributed by atoms with van der Waals surface area (Å²) < 4.78 is 30.0. The van der Waals surface area contributed by atoms with Crippen molar-refractivity contribution in [2.75, 3.05) is 26.1 Å². The van der Waals surface area contributed by atoms with E-state index in [0.29, 0.717) is 41.6 Å². The average Bonchev–Trinajstić information content (AvgIpc) is 2.58. The first-order chi connectivity index (χ1) is 11.7. The molecule has 0 aliphatic rings. The number of hydrogen-bond acceptors (Lipinski definition) is 6. The van der Waals surface area contributed by atoms with Crippen LogP contribution in [0.15, 0.2) is 42.6 Å². The van der Waals surface area contributed by atoms with Gasteiger partial charge in [0, 0.05) is 37.2 Å². The maximum absolute atomic E-state index is 13.9. The Morgan fingerprint density at radius 2 is 1.96 bits per heavy atom. The fraction of sp³-hybridized carbons (Fsp3) is 0.176. The van der Waals surface area contributed by atoms with Crippen LogP contribution in [0.5, 0.6) is 17.4 Å². The molecule has 7 heteroatoms. The molecule has 0 saturated heterocycles. The predicted molar refractivity (Wildman–Crippen MR) is 87.8 cm³/mol. The van der Waals surface area contributed by atoms with Crippen LogP contribution in [0.25, 0.3) is 11.0 Å². The number of benzene rings is 1. The molecule has 0 spiro atoms. The molecule has 3 rings (SSSR count). The van der Waals surface area contributed by atoms with Crippen LogP contribution < -0.4 is 15.2 Å². The van der Waals surface area contributed by atoms with Crippen molar-refractivity contribution in [2.45, 2.75) is 0 Å². The summed E-state index contributed by atoms with van der Waals surface area (Å²) >= 11 is 0. The maximum Gasteiger partial charge on any atom is 0.214 e. The van der Waals surface area contributed by atoms with Gasteiger partial charge in [0.2, 0.25) is 5.88 Å². The summed E-state index contributed by atoms with van der Waals surface area (Å²) in [6.07, 6.45) is 1.57. The van der Waals surface area contributed by atoms with E-state index in [4.69, 9.17) is 19.9 Å². The minimum absolute atomic E-state index is 0.0594. The van der Waals surface area contributed by atoms with Crippen LogP contribution in [0, 0.1) is 5.82 Å². The normalized spacial score (nSPS) is 10.8. The van der Waals surface area contributed by atoms with E-state index in [1.165, 1.54) is 12.1 Å². The summed E-state index contributed by atoms with van der Waals surface area (Å²) in [7, 11) is 1.59. The number of methoxy groups -OCH3 is 1. The minimum atomic E-state index is -0.549. The molecule has 0 fully saturated rings. The number of nitrogens with two attached hydrogens (primary N) is 1. The predicted octanol–water partition coefficient (Wildman–Crippen LogP) is 3.17. The van der Waals surface area contributed by atoms with E-state index in [2.05, 4.69) is 9.97 Å². The summed E-state index contributed by atoms with van der Waals surface area (Å²) in [5.74, 6) is 0.299. The van der Waals surface area contributed by atoms with Crippen LogP contribution in [-0.4, -0.2) is 30.3 Å². The van der Waals surface area contributed by atoms with Crippen molar-refractivity contribution in [1.82, 2.24) is 9.97 Å². The van der Waals surface area contributed by atoms with Gasteiger partial charge in [-0.3, -0.25) is 4.98 Å². The zero-order valence-corrected chi connectivity index (χ0v) is 13.0. The van der Waals surface area contributed by atoms with Gasteiger partial charge < -0.3 is 19.9 Å². The Morgan fingerprint density at radius 1 is 1.08 bits per heavy atom. The molecule has 24 heavy (non-hydrogen) atoms. The van der Waals surface area contributed by atoms with Gasteiger partial charge in [0.15, 0.2) is 17.3 Å². The second-order valence-corrected chi connectivity index (χ2v) is 4.96. The summed E-state index contributed by atoms with van der Waals surface area (Å²) in [4.78, 5) is 8.60. The highest BCUT2D eigenvalue weighted by Gasteiger charge is 2.11. The fourth-order valence-corrected chi connectivity index (χ4v) is 2.09. The van der Waals surface area contributed by atoms with Crippen molar-refractivity contribution < 1.29 is 18.6 Å². The number of rotatable bonds is 6. The molecular weight excluding hydrogens is 313 g/mol. The largest absolute Gasteiger partial charge is 0.475 e. The first-order valence-corrected chi connectivity index (χ1v) is 7.28. The van der Waals surface area contributed by atoms with Gasteiger partial charge in [-0.25, -0.2) is 9.37 Å². The molecule has 0 atom stereocenters. The number of halogens is 1. The summed E-state index contributed by atoms with van der Waals surface area (Å²) in [5, 5.41) is 0. The molecule has 0 radical (unpaired) electrons. The van der Waals surface area contributed by atoms with Crippen molar-refractivity contribution in [3.05, 3.63) is 48.4 Å². The Morgan fingerprint density at radius 3 is 2.75 bits per heavy atom. The van der Waals surface area contributed by atoms with Crippen molar-refractivity contribution in [1.29, 1.82) is 0 Å². The van der Waals surface area contributed by atoms with Crippen LogP contribution in [-0.2, 0) is 4.74 Å². The quantitative estimate of drug-likeness (QED) is 0.553. The van der Waals surface area contributed by atoms with E-state index in [0.717, 1.165) is 0 Å². The van der Waals surface area contributed by atoms with Crippen LogP contribution in [0.4, 0.5) is 10.1 Å². The lowest BCUT2D eigenvalue weighted by Crippen LogP contribution is -2.05. The lowest BCUT2D eigenvalue weighted by atomic mass is 10.3. The Labute approximate surface area is 138 Å². The Hall–Kier alpha value is -2.93. The highest BCUT2D eigenvalue weighted by atomic mass is 19.1.